The molecule has 0 aromatic heterocycles. The van der Waals surface area contributed by atoms with Gasteiger partial charge in [-0.15, -0.1) is 0 Å². The largest absolute Gasteiger partial charge is 0.488 e. The number of carbonyl (C=O) groups is 3. The van der Waals surface area contributed by atoms with E-state index < -0.39 is 17.8 Å². The molecule has 0 bridgehead atoms. The van der Waals surface area contributed by atoms with Gasteiger partial charge in [0.15, 0.2) is 0 Å². The molecule has 0 radical (unpaired) electrons. The zero-order valence-electron chi connectivity index (χ0n) is 18.7. The molecule has 6 heteroatoms. The summed E-state index contributed by atoms with van der Waals surface area (Å²) >= 11 is 0. The first-order valence-electron chi connectivity index (χ1n) is 10.6. The van der Waals surface area contributed by atoms with Crippen LogP contribution in [-0.2, 0) is 16.2 Å². The molecule has 0 atom stereocenters. The Morgan fingerprint density at radius 3 is 2.36 bits per heavy atom. The van der Waals surface area contributed by atoms with Crippen molar-refractivity contribution < 1.29 is 19.1 Å². The van der Waals surface area contributed by atoms with E-state index in [0.717, 1.165) is 27.2 Å². The summed E-state index contributed by atoms with van der Waals surface area (Å²) in [6, 6.07) is 19.7. The minimum Gasteiger partial charge on any atom is -0.488 e. The van der Waals surface area contributed by atoms with Gasteiger partial charge in [-0.3, -0.25) is 14.9 Å². The minimum absolute atomic E-state index is 0.137. The number of ether oxygens (including phenoxy) is 1. The van der Waals surface area contributed by atoms with Crippen LogP contribution in [0.1, 0.15) is 27.8 Å². The predicted octanol–water partition coefficient (Wildman–Crippen LogP) is 4.86. The Hall–Kier alpha value is -4.19. The van der Waals surface area contributed by atoms with Crippen molar-refractivity contribution in [2.24, 2.45) is 0 Å². The quantitative estimate of drug-likeness (QED) is 0.454. The Morgan fingerprint density at radius 1 is 0.879 bits per heavy atom. The Morgan fingerprint density at radius 2 is 1.61 bits per heavy atom. The van der Waals surface area contributed by atoms with Crippen molar-refractivity contribution in [2.75, 3.05) is 4.90 Å². The van der Waals surface area contributed by atoms with Crippen molar-refractivity contribution in [3.05, 3.63) is 100 Å². The summed E-state index contributed by atoms with van der Waals surface area (Å²) in [7, 11) is 0. The Balaban J connectivity index is 1.66. The number of hydrogen-bond acceptors (Lipinski definition) is 4. The average Bonchev–Trinajstić information content (AvgIpc) is 2.79. The van der Waals surface area contributed by atoms with Crippen LogP contribution in [0.15, 0.2) is 72.3 Å². The first-order chi connectivity index (χ1) is 15.8. The van der Waals surface area contributed by atoms with E-state index in [1.54, 1.807) is 30.3 Å². The van der Waals surface area contributed by atoms with Crippen molar-refractivity contribution in [3.8, 4) is 5.75 Å². The van der Waals surface area contributed by atoms with Crippen molar-refractivity contribution in [1.29, 1.82) is 0 Å². The number of barbiturate groups is 1. The first-order valence-corrected chi connectivity index (χ1v) is 10.6. The molecule has 4 amide bonds. The van der Waals surface area contributed by atoms with Crippen LogP contribution >= 0.6 is 0 Å². The molecular formula is C27H24N2O4. The fourth-order valence-electron chi connectivity index (χ4n) is 3.59. The molecule has 166 valence electrons. The summed E-state index contributed by atoms with van der Waals surface area (Å²) in [6.45, 7) is 6.09. The van der Waals surface area contributed by atoms with Crippen molar-refractivity contribution in [1.82, 2.24) is 5.32 Å². The van der Waals surface area contributed by atoms with E-state index >= 15 is 0 Å². The second-order valence-corrected chi connectivity index (χ2v) is 7.99. The van der Waals surface area contributed by atoms with Gasteiger partial charge in [0.2, 0.25) is 0 Å². The fourth-order valence-corrected chi connectivity index (χ4v) is 3.59. The van der Waals surface area contributed by atoms with Crippen LogP contribution in [-0.4, -0.2) is 17.8 Å². The van der Waals surface area contributed by atoms with Gasteiger partial charge in [-0.2, -0.15) is 0 Å². The van der Waals surface area contributed by atoms with Gasteiger partial charge in [-0.05, 0) is 55.7 Å². The van der Waals surface area contributed by atoms with Crippen molar-refractivity contribution in [3.63, 3.8) is 0 Å². The van der Waals surface area contributed by atoms with Crippen LogP contribution in [0.2, 0.25) is 0 Å². The summed E-state index contributed by atoms with van der Waals surface area (Å²) in [4.78, 5) is 39.4. The third kappa shape index (κ3) is 4.55. The standard InChI is InChI=1S/C27H24N2O4/c1-17-11-13-20(14-12-17)16-33-24-10-5-4-8-21(24)15-22-25(30)28-27(32)29(26(22)31)23-9-6-7-18(2)19(23)3/h4-15H,16H2,1-3H3,(H,28,30,32)/b22-15+. The molecule has 6 nitrogen and oxygen atoms in total. The maximum absolute atomic E-state index is 13.3. The molecular weight excluding hydrogens is 416 g/mol. The lowest BCUT2D eigenvalue weighted by Crippen LogP contribution is -2.54. The highest BCUT2D eigenvalue weighted by atomic mass is 16.5. The van der Waals surface area contributed by atoms with Gasteiger partial charge in [0.1, 0.15) is 17.9 Å². The smallest absolute Gasteiger partial charge is 0.335 e. The van der Waals surface area contributed by atoms with Gasteiger partial charge < -0.3 is 4.74 Å². The molecule has 0 unspecified atom stereocenters. The van der Waals surface area contributed by atoms with Crippen LogP contribution in [0.5, 0.6) is 5.75 Å². The zero-order chi connectivity index (χ0) is 23.5. The molecule has 1 fully saturated rings. The summed E-state index contributed by atoms with van der Waals surface area (Å²) < 4.78 is 5.97. The molecule has 33 heavy (non-hydrogen) atoms. The molecule has 0 saturated carbocycles. The van der Waals surface area contributed by atoms with E-state index in [4.69, 9.17) is 4.74 Å². The van der Waals surface area contributed by atoms with Crippen LogP contribution in [0.25, 0.3) is 6.08 Å². The van der Waals surface area contributed by atoms with E-state index in [0.29, 0.717) is 23.6 Å². The van der Waals surface area contributed by atoms with Crippen LogP contribution in [0, 0.1) is 20.8 Å². The van der Waals surface area contributed by atoms with Crippen molar-refractivity contribution >= 4 is 29.6 Å². The van der Waals surface area contributed by atoms with E-state index in [2.05, 4.69) is 5.32 Å². The molecule has 1 N–H and O–H groups in total. The number of aryl methyl sites for hydroxylation is 2. The lowest BCUT2D eigenvalue weighted by atomic mass is 10.0. The normalized spacial score (nSPS) is 15.1. The Bertz CT molecular complexity index is 1280. The van der Waals surface area contributed by atoms with Crippen molar-refractivity contribution in [2.45, 2.75) is 27.4 Å². The molecule has 4 rings (SSSR count). The molecule has 0 spiro atoms. The maximum atomic E-state index is 13.3. The molecule has 3 aromatic rings. The lowest BCUT2D eigenvalue weighted by Gasteiger charge is -2.28. The highest BCUT2D eigenvalue weighted by Gasteiger charge is 2.37. The van der Waals surface area contributed by atoms with Gasteiger partial charge >= 0.3 is 6.03 Å². The minimum atomic E-state index is -0.764. The van der Waals surface area contributed by atoms with E-state index in [1.165, 1.54) is 6.08 Å². The van der Waals surface area contributed by atoms with Gasteiger partial charge in [-0.25, -0.2) is 9.69 Å². The average molecular weight is 440 g/mol. The summed E-state index contributed by atoms with van der Waals surface area (Å²) in [5, 5.41) is 2.28. The number of para-hydroxylation sites is 1. The lowest BCUT2D eigenvalue weighted by molar-refractivity contribution is -0.122. The second kappa shape index (κ2) is 9.12. The summed E-state index contributed by atoms with van der Waals surface area (Å²) in [5.74, 6) is -0.882. The fraction of sp³-hybridized carbons (Fsp3) is 0.148. The van der Waals surface area contributed by atoms with Gasteiger partial charge in [-0.1, -0.05) is 60.2 Å². The second-order valence-electron chi connectivity index (χ2n) is 7.99. The van der Waals surface area contributed by atoms with E-state index in [-0.39, 0.29) is 5.57 Å². The van der Waals surface area contributed by atoms with E-state index in [1.807, 2.05) is 57.2 Å². The zero-order valence-corrected chi connectivity index (χ0v) is 18.7. The number of hydrogen-bond donors (Lipinski definition) is 1. The van der Waals surface area contributed by atoms with Gasteiger partial charge in [0, 0.05) is 5.56 Å². The summed E-state index contributed by atoms with van der Waals surface area (Å²) in [6.07, 6.45) is 1.46. The third-order valence-electron chi connectivity index (χ3n) is 5.65. The number of carbonyl (C=O) groups excluding carboxylic acids is 3. The number of imide groups is 2. The number of nitrogens with one attached hydrogen (secondary N) is 1. The highest BCUT2D eigenvalue weighted by Crippen LogP contribution is 2.28. The van der Waals surface area contributed by atoms with Gasteiger partial charge in [0.05, 0.1) is 5.69 Å². The monoisotopic (exact) mass is 440 g/mol. The molecule has 1 heterocycles. The number of benzene rings is 3. The first kappa shape index (κ1) is 22.0. The summed E-state index contributed by atoms with van der Waals surface area (Å²) in [5.41, 5.74) is 4.76. The van der Waals surface area contributed by atoms with Gasteiger partial charge in [0.25, 0.3) is 11.8 Å². The molecule has 1 saturated heterocycles. The van der Waals surface area contributed by atoms with Crippen LogP contribution in [0.3, 0.4) is 0 Å². The SMILES string of the molecule is Cc1ccc(COc2ccccc2/C=C2\C(=O)NC(=O)N(c3cccc(C)c3C)C2=O)cc1. The molecule has 1 aliphatic heterocycles. The molecule has 1 aliphatic rings. The third-order valence-corrected chi connectivity index (χ3v) is 5.65. The molecule has 3 aromatic carbocycles. The number of urea groups is 1. The topological polar surface area (TPSA) is 75.7 Å². The number of nitrogens with zero attached hydrogens (tertiary/aromatic N) is 1. The van der Waals surface area contributed by atoms with Crippen LogP contribution < -0.4 is 15.0 Å². The maximum Gasteiger partial charge on any atom is 0.335 e. The van der Waals surface area contributed by atoms with Crippen LogP contribution in [0.4, 0.5) is 10.5 Å². The Labute approximate surface area is 192 Å². The molecule has 0 aliphatic carbocycles. The highest BCUT2D eigenvalue weighted by molar-refractivity contribution is 6.39. The van der Waals surface area contributed by atoms with E-state index in [9.17, 15) is 14.4 Å². The Kier molecular flexibility index (Phi) is 6.09. The number of rotatable bonds is 5. The number of anilines is 1. The predicted molar refractivity (Wildman–Crippen MR) is 127 cm³/mol. The number of amides is 4.